The van der Waals surface area contributed by atoms with Crippen LogP contribution in [0.15, 0.2) is 28.5 Å². The van der Waals surface area contributed by atoms with Crippen LogP contribution in [0.25, 0.3) is 0 Å². The number of hydrogen-bond acceptors (Lipinski definition) is 2. The van der Waals surface area contributed by atoms with Gasteiger partial charge < -0.3 is 5.32 Å². The summed E-state index contributed by atoms with van der Waals surface area (Å²) in [5, 5.41) is 7.56. The highest BCUT2D eigenvalue weighted by atomic mass is 32.1. The van der Waals surface area contributed by atoms with Crippen molar-refractivity contribution < 1.29 is 0 Å². The van der Waals surface area contributed by atoms with Crippen LogP contribution in [-0.4, -0.2) is 6.54 Å². The average Bonchev–Trinajstić information content (AvgIpc) is 2.49. The standard InChI is InChI=1S/C10H15NS/c1-9(2)4-3-6-11-10-5-7-12-8-10/h4-5,7-8,11H,3,6H2,1-2H3. The zero-order chi connectivity index (χ0) is 8.81. The Morgan fingerprint density at radius 3 is 3.00 bits per heavy atom. The fraction of sp³-hybridized carbons (Fsp3) is 0.400. The third kappa shape index (κ3) is 3.58. The van der Waals surface area contributed by atoms with Crippen LogP contribution in [0.4, 0.5) is 5.69 Å². The summed E-state index contributed by atoms with van der Waals surface area (Å²) in [6, 6.07) is 2.10. The van der Waals surface area contributed by atoms with Crippen molar-refractivity contribution >= 4 is 17.0 Å². The summed E-state index contributed by atoms with van der Waals surface area (Å²) in [5.41, 5.74) is 2.63. The van der Waals surface area contributed by atoms with Crippen LogP contribution in [-0.2, 0) is 0 Å². The van der Waals surface area contributed by atoms with Crippen molar-refractivity contribution in [3.63, 3.8) is 0 Å². The van der Waals surface area contributed by atoms with Crippen molar-refractivity contribution in [2.24, 2.45) is 0 Å². The molecular formula is C10H15NS. The van der Waals surface area contributed by atoms with Crippen molar-refractivity contribution in [2.45, 2.75) is 20.3 Å². The zero-order valence-corrected chi connectivity index (χ0v) is 8.45. The van der Waals surface area contributed by atoms with E-state index in [1.54, 1.807) is 11.3 Å². The zero-order valence-electron chi connectivity index (χ0n) is 7.63. The maximum atomic E-state index is 3.35. The van der Waals surface area contributed by atoms with Gasteiger partial charge in [-0.2, -0.15) is 11.3 Å². The average molecular weight is 181 g/mol. The molecule has 0 atom stereocenters. The second-order valence-electron chi connectivity index (χ2n) is 3.01. The smallest absolute Gasteiger partial charge is 0.0448 e. The lowest BCUT2D eigenvalue weighted by Gasteiger charge is -2.00. The van der Waals surface area contributed by atoms with E-state index in [1.807, 2.05) is 0 Å². The predicted molar refractivity (Wildman–Crippen MR) is 56.9 cm³/mol. The molecule has 66 valence electrons. The first-order valence-electron chi connectivity index (χ1n) is 4.18. The SMILES string of the molecule is CC(C)=CCCNc1ccsc1. The Labute approximate surface area is 78.1 Å². The van der Waals surface area contributed by atoms with Gasteiger partial charge in [-0.05, 0) is 31.7 Å². The Morgan fingerprint density at radius 1 is 1.58 bits per heavy atom. The molecule has 1 rings (SSSR count). The minimum Gasteiger partial charge on any atom is -0.384 e. The van der Waals surface area contributed by atoms with Crippen LogP contribution < -0.4 is 5.32 Å². The van der Waals surface area contributed by atoms with E-state index in [9.17, 15) is 0 Å². The molecule has 1 nitrogen and oxygen atoms in total. The van der Waals surface area contributed by atoms with E-state index in [0.717, 1.165) is 13.0 Å². The highest BCUT2D eigenvalue weighted by Crippen LogP contribution is 2.11. The van der Waals surface area contributed by atoms with Gasteiger partial charge in [-0.15, -0.1) is 0 Å². The lowest BCUT2D eigenvalue weighted by molar-refractivity contribution is 1.05. The minimum absolute atomic E-state index is 1.03. The second-order valence-corrected chi connectivity index (χ2v) is 3.79. The molecule has 12 heavy (non-hydrogen) atoms. The van der Waals surface area contributed by atoms with Crippen LogP contribution in [0.2, 0.25) is 0 Å². The van der Waals surface area contributed by atoms with E-state index in [-0.39, 0.29) is 0 Å². The molecule has 1 aromatic rings. The van der Waals surface area contributed by atoms with Crippen LogP contribution >= 0.6 is 11.3 Å². The fourth-order valence-electron chi connectivity index (χ4n) is 0.942. The minimum atomic E-state index is 1.03. The monoisotopic (exact) mass is 181 g/mol. The highest BCUT2D eigenvalue weighted by molar-refractivity contribution is 7.08. The van der Waals surface area contributed by atoms with Gasteiger partial charge in [0.15, 0.2) is 0 Å². The number of thiophene rings is 1. The van der Waals surface area contributed by atoms with Crippen LogP contribution in [0.3, 0.4) is 0 Å². The van der Waals surface area contributed by atoms with Gasteiger partial charge in [0.2, 0.25) is 0 Å². The lowest BCUT2D eigenvalue weighted by atomic mass is 10.3. The first kappa shape index (κ1) is 9.33. The van der Waals surface area contributed by atoms with Gasteiger partial charge in [-0.25, -0.2) is 0 Å². The van der Waals surface area contributed by atoms with E-state index in [4.69, 9.17) is 0 Å². The molecule has 0 aromatic carbocycles. The molecule has 0 saturated carbocycles. The van der Waals surface area contributed by atoms with Crippen molar-refractivity contribution in [2.75, 3.05) is 11.9 Å². The Hall–Kier alpha value is -0.760. The number of anilines is 1. The lowest BCUT2D eigenvalue weighted by Crippen LogP contribution is -1.98. The number of hydrogen-bond donors (Lipinski definition) is 1. The number of allylic oxidation sites excluding steroid dienone is 1. The van der Waals surface area contributed by atoms with Crippen molar-refractivity contribution in [3.05, 3.63) is 28.5 Å². The second kappa shape index (κ2) is 4.99. The molecule has 0 amide bonds. The molecular weight excluding hydrogens is 166 g/mol. The maximum Gasteiger partial charge on any atom is 0.0448 e. The van der Waals surface area contributed by atoms with Crippen molar-refractivity contribution in [1.82, 2.24) is 0 Å². The van der Waals surface area contributed by atoms with Gasteiger partial charge in [0.1, 0.15) is 0 Å². The normalized spacial score (nSPS) is 9.50. The fourth-order valence-corrected chi connectivity index (χ4v) is 1.55. The van der Waals surface area contributed by atoms with Crippen molar-refractivity contribution in [1.29, 1.82) is 0 Å². The van der Waals surface area contributed by atoms with Gasteiger partial charge in [-0.3, -0.25) is 0 Å². The predicted octanol–water partition coefficient (Wildman–Crippen LogP) is 3.52. The number of rotatable bonds is 4. The molecule has 0 radical (unpaired) electrons. The molecule has 1 N–H and O–H groups in total. The molecule has 0 aliphatic rings. The van der Waals surface area contributed by atoms with Gasteiger partial charge >= 0.3 is 0 Å². The van der Waals surface area contributed by atoms with Crippen LogP contribution in [0, 0.1) is 0 Å². The molecule has 0 bridgehead atoms. The first-order chi connectivity index (χ1) is 5.79. The maximum absolute atomic E-state index is 3.35. The number of nitrogens with one attached hydrogen (secondary N) is 1. The van der Waals surface area contributed by atoms with Crippen molar-refractivity contribution in [3.8, 4) is 0 Å². The Balaban J connectivity index is 2.16. The Bertz CT molecular complexity index is 232. The molecule has 0 unspecified atom stereocenters. The summed E-state index contributed by atoms with van der Waals surface area (Å²) >= 11 is 1.73. The van der Waals surface area contributed by atoms with E-state index >= 15 is 0 Å². The molecule has 0 fully saturated rings. The summed E-state index contributed by atoms with van der Waals surface area (Å²) in [7, 11) is 0. The molecule has 0 saturated heterocycles. The summed E-state index contributed by atoms with van der Waals surface area (Å²) in [4.78, 5) is 0. The first-order valence-corrected chi connectivity index (χ1v) is 5.13. The highest BCUT2D eigenvalue weighted by Gasteiger charge is 1.88. The van der Waals surface area contributed by atoms with Gasteiger partial charge in [0.25, 0.3) is 0 Å². The molecule has 0 aliphatic carbocycles. The van der Waals surface area contributed by atoms with E-state index in [1.165, 1.54) is 11.3 Å². The molecule has 1 heterocycles. The summed E-state index contributed by atoms with van der Waals surface area (Å²) in [6.45, 7) is 5.29. The third-order valence-corrected chi connectivity index (χ3v) is 2.23. The van der Waals surface area contributed by atoms with E-state index < -0.39 is 0 Å². The molecule has 0 aliphatic heterocycles. The van der Waals surface area contributed by atoms with Gasteiger partial charge in [0, 0.05) is 17.6 Å². The quantitative estimate of drug-likeness (QED) is 0.553. The van der Waals surface area contributed by atoms with Gasteiger partial charge in [0.05, 0.1) is 0 Å². The van der Waals surface area contributed by atoms with Crippen LogP contribution in [0.1, 0.15) is 20.3 Å². The van der Waals surface area contributed by atoms with Crippen LogP contribution in [0.5, 0.6) is 0 Å². The largest absolute Gasteiger partial charge is 0.384 e. The summed E-state index contributed by atoms with van der Waals surface area (Å²) in [6.07, 6.45) is 3.36. The Kier molecular flexibility index (Phi) is 3.88. The Morgan fingerprint density at radius 2 is 2.42 bits per heavy atom. The van der Waals surface area contributed by atoms with E-state index in [0.29, 0.717) is 0 Å². The third-order valence-electron chi connectivity index (χ3n) is 1.55. The summed E-state index contributed by atoms with van der Waals surface area (Å²) in [5.74, 6) is 0. The van der Waals surface area contributed by atoms with Gasteiger partial charge in [-0.1, -0.05) is 11.6 Å². The molecule has 2 heteroatoms. The topological polar surface area (TPSA) is 12.0 Å². The molecule has 0 spiro atoms. The summed E-state index contributed by atoms with van der Waals surface area (Å²) < 4.78 is 0. The molecule has 1 aromatic heterocycles. The van der Waals surface area contributed by atoms with E-state index in [2.05, 4.69) is 42.1 Å².